The third-order valence-corrected chi connectivity index (χ3v) is 5.01. The highest BCUT2D eigenvalue weighted by molar-refractivity contribution is 6.62. The van der Waals surface area contributed by atoms with E-state index >= 15 is 0 Å². The Morgan fingerprint density at radius 2 is 1.52 bits per heavy atom. The van der Waals surface area contributed by atoms with Gasteiger partial charge in [-0.1, -0.05) is 36.4 Å². The number of aryl methyl sites for hydroxylation is 2. The van der Waals surface area contributed by atoms with Crippen molar-refractivity contribution in [1.29, 1.82) is 5.26 Å². The number of fused-ring (bicyclic) bond motifs is 2. The third-order valence-electron chi connectivity index (χ3n) is 5.01. The second-order valence-electron chi connectivity index (χ2n) is 6.93. The maximum absolute atomic E-state index is 10.7. The maximum atomic E-state index is 10.7. The van der Waals surface area contributed by atoms with E-state index in [2.05, 4.69) is 6.07 Å². The van der Waals surface area contributed by atoms with Crippen molar-refractivity contribution in [2.24, 2.45) is 5.73 Å². The molecule has 4 N–H and O–H groups in total. The molecule has 0 bridgehead atoms. The Labute approximate surface area is 170 Å². The van der Waals surface area contributed by atoms with Crippen LogP contribution >= 0.6 is 0 Å². The third kappa shape index (κ3) is 5.05. The second kappa shape index (κ2) is 9.72. The molecule has 0 radical (unpaired) electrons. The van der Waals surface area contributed by atoms with Crippen LogP contribution in [-0.4, -0.2) is 30.2 Å². The van der Waals surface area contributed by atoms with Gasteiger partial charge in [-0.3, -0.25) is 4.79 Å². The van der Waals surface area contributed by atoms with Crippen LogP contribution in [0.15, 0.2) is 36.4 Å². The van der Waals surface area contributed by atoms with Crippen molar-refractivity contribution in [3.05, 3.63) is 58.7 Å². The molecule has 0 saturated carbocycles. The minimum atomic E-state index is -0.857. The number of benzene rings is 2. The van der Waals surface area contributed by atoms with Crippen molar-refractivity contribution in [1.82, 2.24) is 0 Å². The van der Waals surface area contributed by atoms with Crippen molar-refractivity contribution in [2.45, 2.75) is 38.9 Å². The molecule has 0 aromatic heterocycles. The zero-order valence-corrected chi connectivity index (χ0v) is 16.0. The first-order valence-electron chi connectivity index (χ1n) is 9.47. The minimum Gasteiger partial charge on any atom is -0.423 e. The summed E-state index contributed by atoms with van der Waals surface area (Å²) in [6.45, 7) is 0.901. The lowest BCUT2D eigenvalue weighted by Crippen LogP contribution is -2.31. The van der Waals surface area contributed by atoms with Gasteiger partial charge >= 0.3 is 14.2 Å². The van der Waals surface area contributed by atoms with Gasteiger partial charge in [0.05, 0.1) is 19.3 Å². The highest BCUT2D eigenvalue weighted by Crippen LogP contribution is 2.14. The number of rotatable bonds is 5. The van der Waals surface area contributed by atoms with E-state index in [9.17, 15) is 14.8 Å². The maximum Gasteiger partial charge on any atom is 0.492 e. The van der Waals surface area contributed by atoms with E-state index in [0.29, 0.717) is 38.9 Å². The second-order valence-corrected chi connectivity index (χ2v) is 6.93. The van der Waals surface area contributed by atoms with Crippen LogP contribution in [-0.2, 0) is 40.2 Å². The summed E-state index contributed by atoms with van der Waals surface area (Å²) >= 11 is 0. The van der Waals surface area contributed by atoms with Crippen LogP contribution in [0.1, 0.15) is 35.1 Å². The van der Waals surface area contributed by atoms with Gasteiger partial charge in [-0.25, -0.2) is 0 Å². The Bertz CT molecular complexity index is 932. The molecule has 2 aromatic carbocycles. The molecule has 29 heavy (non-hydrogen) atoms. The molecule has 0 fully saturated rings. The summed E-state index contributed by atoms with van der Waals surface area (Å²) in [6.07, 6.45) is 2.01. The molecule has 2 aliphatic rings. The first kappa shape index (κ1) is 21.1. The highest BCUT2D eigenvalue weighted by atomic mass is 16.5. The molecule has 148 valence electrons. The molecule has 0 spiro atoms. The monoisotopic (exact) mass is 392 g/mol. The molecule has 7 nitrogen and oxygen atoms in total. The SMILES string of the molecule is N#CCCc1cccc2c1B(O)OC2.NC(=O)CCc1cccc2c1B(O)OC2. The predicted octanol–water partition coefficient (Wildman–Crippen LogP) is -0.317. The van der Waals surface area contributed by atoms with E-state index in [0.717, 1.165) is 33.2 Å². The van der Waals surface area contributed by atoms with Crippen LogP contribution in [0.4, 0.5) is 0 Å². The van der Waals surface area contributed by atoms with E-state index in [-0.39, 0.29) is 5.91 Å². The molecule has 9 heteroatoms. The van der Waals surface area contributed by atoms with Gasteiger partial charge in [-0.2, -0.15) is 5.26 Å². The van der Waals surface area contributed by atoms with E-state index in [1.54, 1.807) is 0 Å². The first-order chi connectivity index (χ1) is 14.0. The van der Waals surface area contributed by atoms with Crippen molar-refractivity contribution < 1.29 is 24.2 Å². The molecular weight excluding hydrogens is 370 g/mol. The van der Waals surface area contributed by atoms with E-state index in [4.69, 9.17) is 20.3 Å². The van der Waals surface area contributed by atoms with Gasteiger partial charge < -0.3 is 25.1 Å². The van der Waals surface area contributed by atoms with Gasteiger partial charge in [0.1, 0.15) is 0 Å². The van der Waals surface area contributed by atoms with Crippen LogP contribution in [0.2, 0.25) is 0 Å². The number of carbonyl (C=O) groups is 1. The zero-order chi connectivity index (χ0) is 20.8. The fourth-order valence-corrected chi connectivity index (χ4v) is 3.61. The summed E-state index contributed by atoms with van der Waals surface area (Å²) in [7, 11) is -1.66. The predicted molar refractivity (Wildman–Crippen MR) is 109 cm³/mol. The molecule has 0 unspecified atom stereocenters. The van der Waals surface area contributed by atoms with Gasteiger partial charge in [0.2, 0.25) is 5.91 Å². The fourth-order valence-electron chi connectivity index (χ4n) is 3.61. The van der Waals surface area contributed by atoms with E-state index < -0.39 is 14.2 Å². The summed E-state index contributed by atoms with van der Waals surface area (Å²) in [5.74, 6) is -0.332. The van der Waals surface area contributed by atoms with Crippen LogP contribution in [0.3, 0.4) is 0 Å². The Kier molecular flexibility index (Phi) is 7.07. The normalized spacial score (nSPS) is 14.0. The molecule has 0 aliphatic carbocycles. The number of primary amides is 1. The summed E-state index contributed by atoms with van der Waals surface area (Å²) < 4.78 is 10.2. The van der Waals surface area contributed by atoms with Crippen LogP contribution < -0.4 is 16.7 Å². The van der Waals surface area contributed by atoms with Crippen molar-refractivity contribution in [3.63, 3.8) is 0 Å². The molecule has 2 aromatic rings. The molecule has 4 rings (SSSR count). The quantitative estimate of drug-likeness (QED) is 0.600. The van der Waals surface area contributed by atoms with Crippen molar-refractivity contribution >= 4 is 31.1 Å². The smallest absolute Gasteiger partial charge is 0.423 e. The molecule has 0 saturated heterocycles. The molecule has 2 heterocycles. The Morgan fingerprint density at radius 3 is 2.00 bits per heavy atom. The summed E-state index contributed by atoms with van der Waals surface area (Å²) in [4.78, 5) is 10.7. The lowest BCUT2D eigenvalue weighted by molar-refractivity contribution is -0.117. The standard InChI is InChI=1S/C10H12BNO3.C10H10BNO2/c12-9(13)5-4-7-2-1-3-8-6-15-11(14)10(7)8;12-6-2-5-8-3-1-4-9-7-14-11(13)10(8)9/h1-3,14H,4-6H2,(H2,12,13);1,3-4,13H,2,5,7H2. The van der Waals surface area contributed by atoms with Gasteiger partial charge in [0.15, 0.2) is 0 Å². The Hall–Kier alpha value is -2.63. The van der Waals surface area contributed by atoms with Crippen LogP contribution in [0.5, 0.6) is 0 Å². The largest absolute Gasteiger partial charge is 0.492 e. The average molecular weight is 392 g/mol. The van der Waals surface area contributed by atoms with Gasteiger partial charge in [0, 0.05) is 12.8 Å². The van der Waals surface area contributed by atoms with Gasteiger partial charge in [0.25, 0.3) is 0 Å². The number of carbonyl (C=O) groups excluding carboxylic acids is 1. The zero-order valence-electron chi connectivity index (χ0n) is 16.0. The van der Waals surface area contributed by atoms with Crippen LogP contribution in [0.25, 0.3) is 0 Å². The van der Waals surface area contributed by atoms with Crippen molar-refractivity contribution in [2.75, 3.05) is 0 Å². The Balaban J connectivity index is 0.000000166. The van der Waals surface area contributed by atoms with Gasteiger partial charge in [-0.15, -0.1) is 0 Å². The number of nitriles is 1. The minimum absolute atomic E-state index is 0.295. The fraction of sp³-hybridized carbons (Fsp3) is 0.300. The number of hydrogen-bond acceptors (Lipinski definition) is 6. The Morgan fingerprint density at radius 1 is 1.00 bits per heavy atom. The molecule has 0 atom stereocenters. The summed E-state index contributed by atoms with van der Waals surface area (Å²) in [5, 5.41) is 27.6. The topological polar surface area (TPSA) is 126 Å². The summed E-state index contributed by atoms with van der Waals surface area (Å²) in [6, 6.07) is 13.6. The summed E-state index contributed by atoms with van der Waals surface area (Å²) in [5.41, 5.74) is 10.7. The first-order valence-corrected chi connectivity index (χ1v) is 9.47. The molecule has 1 amide bonds. The van der Waals surface area contributed by atoms with Gasteiger partial charge in [-0.05, 0) is 46.0 Å². The molecule has 2 aliphatic heterocycles. The number of nitrogens with two attached hydrogens (primary N) is 1. The number of nitrogens with zero attached hydrogens (tertiary/aromatic N) is 1. The molecular formula is C20H22B2N2O5. The van der Waals surface area contributed by atoms with E-state index in [1.165, 1.54) is 0 Å². The number of hydrogen-bond donors (Lipinski definition) is 3. The number of amides is 1. The van der Waals surface area contributed by atoms with E-state index in [1.807, 2.05) is 36.4 Å². The highest BCUT2D eigenvalue weighted by Gasteiger charge is 2.30. The van der Waals surface area contributed by atoms with Crippen molar-refractivity contribution in [3.8, 4) is 6.07 Å². The van der Waals surface area contributed by atoms with Crippen LogP contribution in [0, 0.1) is 11.3 Å². The average Bonchev–Trinajstić information content (AvgIpc) is 3.29. The lowest BCUT2D eigenvalue weighted by Gasteiger charge is -2.06. The lowest BCUT2D eigenvalue weighted by atomic mass is 9.75.